The molecule has 3 rings (SSSR count). The molecule has 0 saturated carbocycles. The molecule has 0 aliphatic carbocycles. The summed E-state index contributed by atoms with van der Waals surface area (Å²) >= 11 is 0. The molecule has 0 aromatic heterocycles. The summed E-state index contributed by atoms with van der Waals surface area (Å²) in [4.78, 5) is 0. The molecule has 2 heterocycles. The summed E-state index contributed by atoms with van der Waals surface area (Å²) in [6, 6.07) is 3.16. The Hall–Kier alpha value is -1.35. The zero-order valence-corrected chi connectivity index (χ0v) is 14.8. The van der Waals surface area contributed by atoms with Crippen LogP contribution in [0.15, 0.2) is 12.1 Å². The number of fused-ring (bicyclic) bond motifs is 1. The molecule has 2 N–H and O–H groups in total. The van der Waals surface area contributed by atoms with Crippen molar-refractivity contribution in [2.75, 3.05) is 13.4 Å². The van der Waals surface area contributed by atoms with Crippen LogP contribution in [0.5, 0.6) is 11.5 Å². The van der Waals surface area contributed by atoms with Gasteiger partial charge in [-0.2, -0.15) is 13.1 Å². The standard InChI is InChI=1S/C16H23NO6S/c1-4-12(18)15-14(10(3)7-23-24(19,20)17-15)11-5-9(2)16-13(6-11)21-8-22-16/h5-6,10,12,14-15,17-18H,4,7-8H2,1-3H3/t10-,12+,14+,15-/m0/s1. The van der Waals surface area contributed by atoms with Crippen molar-refractivity contribution in [1.29, 1.82) is 0 Å². The lowest BCUT2D eigenvalue weighted by Crippen LogP contribution is -2.46. The highest BCUT2D eigenvalue weighted by Gasteiger charge is 2.40. The summed E-state index contributed by atoms with van der Waals surface area (Å²) in [6.07, 6.45) is -0.389. The van der Waals surface area contributed by atoms with Crippen LogP contribution < -0.4 is 14.2 Å². The van der Waals surface area contributed by atoms with Crippen LogP contribution in [0.3, 0.4) is 0 Å². The number of aliphatic hydroxyl groups is 1. The van der Waals surface area contributed by atoms with Gasteiger partial charge in [-0.05, 0) is 36.5 Å². The van der Waals surface area contributed by atoms with Gasteiger partial charge in [-0.15, -0.1) is 0 Å². The molecule has 2 aliphatic heterocycles. The molecule has 0 spiro atoms. The number of nitrogens with one attached hydrogen (secondary N) is 1. The lowest BCUT2D eigenvalue weighted by molar-refractivity contribution is 0.110. The van der Waals surface area contributed by atoms with Crippen molar-refractivity contribution in [1.82, 2.24) is 4.72 Å². The molecule has 1 aromatic rings. The van der Waals surface area contributed by atoms with Gasteiger partial charge >= 0.3 is 10.3 Å². The van der Waals surface area contributed by atoms with Gasteiger partial charge in [-0.25, -0.2) is 0 Å². The zero-order valence-electron chi connectivity index (χ0n) is 14.0. The highest BCUT2D eigenvalue weighted by atomic mass is 32.2. The molecule has 8 heteroatoms. The molecule has 0 bridgehead atoms. The first-order valence-electron chi connectivity index (χ1n) is 8.07. The van der Waals surface area contributed by atoms with Gasteiger partial charge in [0.25, 0.3) is 0 Å². The number of benzene rings is 1. The minimum absolute atomic E-state index is 0.0560. The summed E-state index contributed by atoms with van der Waals surface area (Å²) < 4.78 is 42.4. The highest BCUT2D eigenvalue weighted by molar-refractivity contribution is 7.84. The fourth-order valence-electron chi connectivity index (χ4n) is 3.44. The van der Waals surface area contributed by atoms with Crippen molar-refractivity contribution >= 4 is 10.3 Å². The largest absolute Gasteiger partial charge is 0.454 e. The maximum atomic E-state index is 12.0. The molecule has 1 aromatic carbocycles. The predicted molar refractivity (Wildman–Crippen MR) is 87.3 cm³/mol. The van der Waals surface area contributed by atoms with Gasteiger partial charge < -0.3 is 14.6 Å². The summed E-state index contributed by atoms with van der Waals surface area (Å²) in [7, 11) is -3.88. The minimum Gasteiger partial charge on any atom is -0.454 e. The van der Waals surface area contributed by atoms with E-state index in [2.05, 4.69) is 4.72 Å². The first-order valence-corrected chi connectivity index (χ1v) is 9.48. The normalized spacial score (nSPS) is 29.9. The van der Waals surface area contributed by atoms with Crippen molar-refractivity contribution in [3.63, 3.8) is 0 Å². The molecular formula is C16H23NO6S. The van der Waals surface area contributed by atoms with E-state index in [0.717, 1.165) is 11.1 Å². The predicted octanol–water partition coefficient (Wildman–Crippen LogP) is 1.45. The SMILES string of the molecule is CC[C@@H](O)[C@@H]1NS(=O)(=O)OC[C@H](C)[C@@H]1c1cc(C)c2c(c1)OCO2. The number of ether oxygens (including phenoxy) is 2. The maximum Gasteiger partial charge on any atom is 0.336 e. The van der Waals surface area contributed by atoms with Crippen molar-refractivity contribution < 1.29 is 27.2 Å². The quantitative estimate of drug-likeness (QED) is 0.850. The topological polar surface area (TPSA) is 94.1 Å². The Balaban J connectivity index is 2.06. The molecule has 1 fully saturated rings. The van der Waals surface area contributed by atoms with Crippen molar-refractivity contribution in [2.45, 2.75) is 45.3 Å². The van der Waals surface area contributed by atoms with Crippen molar-refractivity contribution in [3.05, 3.63) is 23.3 Å². The Morgan fingerprint density at radius 2 is 2.12 bits per heavy atom. The fraction of sp³-hybridized carbons (Fsp3) is 0.625. The van der Waals surface area contributed by atoms with Gasteiger partial charge in [-0.1, -0.05) is 19.9 Å². The van der Waals surface area contributed by atoms with Crippen molar-refractivity contribution in [2.24, 2.45) is 5.92 Å². The second-order valence-corrected chi connectivity index (χ2v) is 7.81. The Bertz CT molecular complexity index is 720. The van der Waals surface area contributed by atoms with Crippen LogP contribution in [-0.2, 0) is 14.5 Å². The van der Waals surface area contributed by atoms with E-state index in [1.54, 1.807) is 0 Å². The molecule has 1 saturated heterocycles. The third-order valence-electron chi connectivity index (χ3n) is 4.66. The summed E-state index contributed by atoms with van der Waals surface area (Å²) in [5.41, 5.74) is 1.82. The molecule has 0 amide bonds. The number of aliphatic hydroxyl groups excluding tert-OH is 1. The van der Waals surface area contributed by atoms with Crippen LogP contribution in [0.4, 0.5) is 0 Å². The Labute approximate surface area is 142 Å². The van der Waals surface area contributed by atoms with Gasteiger partial charge in [0.2, 0.25) is 6.79 Å². The second kappa shape index (κ2) is 6.51. The molecule has 0 radical (unpaired) electrons. The monoisotopic (exact) mass is 357 g/mol. The summed E-state index contributed by atoms with van der Waals surface area (Å²) in [6.45, 7) is 5.89. The minimum atomic E-state index is -3.88. The average molecular weight is 357 g/mol. The van der Waals surface area contributed by atoms with Gasteiger partial charge in [0.1, 0.15) is 0 Å². The number of aryl methyl sites for hydroxylation is 1. The van der Waals surface area contributed by atoms with E-state index in [4.69, 9.17) is 13.7 Å². The van der Waals surface area contributed by atoms with E-state index in [1.165, 1.54) is 0 Å². The van der Waals surface area contributed by atoms with Gasteiger partial charge in [0.15, 0.2) is 11.5 Å². The molecule has 24 heavy (non-hydrogen) atoms. The maximum absolute atomic E-state index is 12.0. The third kappa shape index (κ3) is 3.23. The van der Waals surface area contributed by atoms with Crippen LogP contribution in [0.1, 0.15) is 37.3 Å². The molecular weight excluding hydrogens is 334 g/mol. The van der Waals surface area contributed by atoms with Crippen LogP contribution in [0.25, 0.3) is 0 Å². The Kier molecular flexibility index (Phi) is 4.74. The van der Waals surface area contributed by atoms with E-state index in [0.29, 0.717) is 17.9 Å². The second-order valence-electron chi connectivity index (χ2n) is 6.43. The molecule has 2 aliphatic rings. The third-order valence-corrected chi connectivity index (χ3v) is 5.67. The summed E-state index contributed by atoms with van der Waals surface area (Å²) in [5, 5.41) is 10.4. The molecule has 134 valence electrons. The number of rotatable bonds is 3. The Morgan fingerprint density at radius 1 is 1.38 bits per heavy atom. The first kappa shape index (κ1) is 17.5. The Morgan fingerprint density at radius 3 is 2.83 bits per heavy atom. The summed E-state index contributed by atoms with van der Waals surface area (Å²) in [5.74, 6) is 1.01. The zero-order chi connectivity index (χ0) is 17.5. The van der Waals surface area contributed by atoms with Crippen LogP contribution >= 0.6 is 0 Å². The molecule has 4 atom stereocenters. The van der Waals surface area contributed by atoms with E-state index in [9.17, 15) is 13.5 Å². The smallest absolute Gasteiger partial charge is 0.336 e. The van der Waals surface area contributed by atoms with Gasteiger partial charge in [0.05, 0.1) is 18.8 Å². The van der Waals surface area contributed by atoms with E-state index in [-0.39, 0.29) is 25.2 Å². The van der Waals surface area contributed by atoms with Crippen LogP contribution in [-0.4, -0.2) is 39.1 Å². The average Bonchev–Trinajstić information content (AvgIpc) is 2.96. The fourth-order valence-corrected chi connectivity index (χ4v) is 4.54. The van der Waals surface area contributed by atoms with E-state index >= 15 is 0 Å². The van der Waals surface area contributed by atoms with Crippen molar-refractivity contribution in [3.8, 4) is 11.5 Å². The van der Waals surface area contributed by atoms with Gasteiger partial charge in [0, 0.05) is 5.92 Å². The number of hydrogen-bond acceptors (Lipinski definition) is 6. The van der Waals surface area contributed by atoms with Crippen LogP contribution in [0.2, 0.25) is 0 Å². The molecule has 0 unspecified atom stereocenters. The lowest BCUT2D eigenvalue weighted by Gasteiger charge is -2.32. The molecule has 7 nitrogen and oxygen atoms in total. The van der Waals surface area contributed by atoms with E-state index in [1.807, 2.05) is 32.9 Å². The first-order chi connectivity index (χ1) is 11.3. The van der Waals surface area contributed by atoms with Crippen LogP contribution in [0, 0.1) is 12.8 Å². The highest BCUT2D eigenvalue weighted by Crippen LogP contribution is 2.41. The van der Waals surface area contributed by atoms with E-state index < -0.39 is 22.4 Å². The lowest BCUT2D eigenvalue weighted by atomic mass is 9.79. The van der Waals surface area contributed by atoms with Gasteiger partial charge in [-0.3, -0.25) is 4.18 Å². The number of hydrogen-bond donors (Lipinski definition) is 2.